The average molecular weight is 279 g/mol. The topological polar surface area (TPSA) is 73.7 Å². The molecule has 0 aromatic carbocycles. The van der Waals surface area contributed by atoms with E-state index in [2.05, 4.69) is 4.98 Å². The van der Waals surface area contributed by atoms with Crippen LogP contribution in [0.2, 0.25) is 0 Å². The van der Waals surface area contributed by atoms with Gasteiger partial charge in [0.15, 0.2) is 0 Å². The van der Waals surface area contributed by atoms with Crippen molar-refractivity contribution in [2.75, 3.05) is 25.5 Å². The largest absolute Gasteiger partial charge is 0.480 e. The van der Waals surface area contributed by atoms with Gasteiger partial charge in [-0.15, -0.1) is 0 Å². The molecule has 1 atom stereocenters. The number of nitrogens with zero attached hydrogens (tertiary/aromatic N) is 3. The summed E-state index contributed by atoms with van der Waals surface area (Å²) in [7, 11) is 3.35. The van der Waals surface area contributed by atoms with Crippen LogP contribution >= 0.6 is 0 Å². The molecule has 1 heterocycles. The van der Waals surface area contributed by atoms with Crippen molar-refractivity contribution in [1.82, 2.24) is 9.88 Å². The molecule has 0 aliphatic heterocycles. The maximum atomic E-state index is 11.8. The fourth-order valence-electron chi connectivity index (χ4n) is 1.77. The molecular formula is C14H21N3O3. The predicted octanol–water partition coefficient (Wildman–Crippen LogP) is 1.47. The van der Waals surface area contributed by atoms with Crippen molar-refractivity contribution in [3.63, 3.8) is 0 Å². The number of carboxylic acids is 1. The maximum Gasteiger partial charge on any atom is 0.323 e. The lowest BCUT2D eigenvalue weighted by molar-refractivity contribution is -0.135. The van der Waals surface area contributed by atoms with Crippen LogP contribution in [0.15, 0.2) is 18.3 Å². The molecule has 1 aromatic rings. The van der Waals surface area contributed by atoms with Gasteiger partial charge in [0, 0.05) is 26.3 Å². The number of carbonyl (C=O) groups is 2. The maximum absolute atomic E-state index is 11.8. The molecule has 0 aliphatic carbocycles. The van der Waals surface area contributed by atoms with Crippen LogP contribution < -0.4 is 4.90 Å². The summed E-state index contributed by atoms with van der Waals surface area (Å²) >= 11 is 0. The smallest absolute Gasteiger partial charge is 0.323 e. The first-order valence-electron chi connectivity index (χ1n) is 6.53. The summed E-state index contributed by atoms with van der Waals surface area (Å²) in [5.74, 6) is -0.463. The van der Waals surface area contributed by atoms with Crippen LogP contribution in [-0.4, -0.2) is 53.5 Å². The van der Waals surface area contributed by atoms with Crippen LogP contribution in [0, 0.1) is 0 Å². The van der Waals surface area contributed by atoms with Gasteiger partial charge >= 0.3 is 5.97 Å². The van der Waals surface area contributed by atoms with Gasteiger partial charge in [0.2, 0.25) is 0 Å². The second-order valence-electron chi connectivity index (χ2n) is 4.88. The minimum Gasteiger partial charge on any atom is -0.480 e. The number of carbonyl (C=O) groups excluding carboxylic acids is 1. The Bertz CT molecular complexity index is 471. The van der Waals surface area contributed by atoms with Crippen molar-refractivity contribution in [3.8, 4) is 0 Å². The molecule has 1 amide bonds. The first-order chi connectivity index (χ1) is 9.36. The summed E-state index contributed by atoms with van der Waals surface area (Å²) in [6.45, 7) is 3.83. The van der Waals surface area contributed by atoms with Crippen molar-refractivity contribution in [2.45, 2.75) is 26.3 Å². The third-order valence-electron chi connectivity index (χ3n) is 3.12. The second kappa shape index (κ2) is 6.88. The van der Waals surface area contributed by atoms with E-state index in [4.69, 9.17) is 5.11 Å². The van der Waals surface area contributed by atoms with Crippen molar-refractivity contribution < 1.29 is 14.7 Å². The number of hydrogen-bond donors (Lipinski definition) is 1. The quantitative estimate of drug-likeness (QED) is 0.853. The lowest BCUT2D eigenvalue weighted by atomic mass is 10.2. The Balaban J connectivity index is 2.98. The summed E-state index contributed by atoms with van der Waals surface area (Å²) in [4.78, 5) is 30.1. The van der Waals surface area contributed by atoms with Crippen LogP contribution in [0.3, 0.4) is 0 Å². The van der Waals surface area contributed by atoms with Crippen LogP contribution in [-0.2, 0) is 4.79 Å². The van der Waals surface area contributed by atoms with Gasteiger partial charge in [0.1, 0.15) is 12.4 Å². The number of aliphatic carboxylic acids is 1. The van der Waals surface area contributed by atoms with Crippen molar-refractivity contribution in [3.05, 3.63) is 23.9 Å². The van der Waals surface area contributed by atoms with E-state index in [1.807, 2.05) is 13.8 Å². The van der Waals surface area contributed by atoms with Crippen LogP contribution in [0.5, 0.6) is 0 Å². The molecule has 20 heavy (non-hydrogen) atoms. The number of amides is 1. The van der Waals surface area contributed by atoms with Crippen molar-refractivity contribution in [1.29, 1.82) is 0 Å². The number of hydrogen-bond acceptors (Lipinski definition) is 4. The number of anilines is 1. The number of carboxylic acid groups (broad SMARTS) is 1. The zero-order valence-electron chi connectivity index (χ0n) is 12.3. The van der Waals surface area contributed by atoms with Gasteiger partial charge in [0.05, 0.1) is 5.56 Å². The minimum absolute atomic E-state index is 0.0639. The molecule has 1 rings (SSSR count). The summed E-state index contributed by atoms with van der Waals surface area (Å²) in [5, 5.41) is 8.97. The number of aromatic nitrogens is 1. The summed E-state index contributed by atoms with van der Waals surface area (Å²) in [5.41, 5.74) is 0.484. The third-order valence-corrected chi connectivity index (χ3v) is 3.12. The molecule has 1 aromatic heterocycles. The molecule has 1 unspecified atom stereocenters. The molecule has 0 radical (unpaired) electrons. The molecule has 0 aliphatic rings. The SMILES string of the molecule is CCC(C)N(CC(=O)O)c1ccc(C(=O)N(C)C)cn1. The molecule has 6 heteroatoms. The first kappa shape index (κ1) is 15.9. The van der Waals surface area contributed by atoms with Crippen LogP contribution in [0.1, 0.15) is 30.6 Å². The van der Waals surface area contributed by atoms with E-state index in [0.717, 1.165) is 6.42 Å². The Morgan fingerprint density at radius 2 is 2.00 bits per heavy atom. The molecule has 1 N–H and O–H groups in total. The van der Waals surface area contributed by atoms with E-state index in [9.17, 15) is 9.59 Å². The van der Waals surface area contributed by atoms with Gasteiger partial charge in [-0.1, -0.05) is 6.92 Å². The molecule has 0 saturated carbocycles. The number of pyridine rings is 1. The average Bonchev–Trinajstić information content (AvgIpc) is 2.43. The van der Waals surface area contributed by atoms with Crippen LogP contribution in [0.25, 0.3) is 0 Å². The van der Waals surface area contributed by atoms with Gasteiger partial charge in [0.25, 0.3) is 5.91 Å². The van der Waals surface area contributed by atoms with E-state index in [-0.39, 0.29) is 18.5 Å². The normalized spacial score (nSPS) is 11.8. The monoisotopic (exact) mass is 279 g/mol. The molecule has 0 spiro atoms. The van der Waals surface area contributed by atoms with Gasteiger partial charge in [-0.05, 0) is 25.5 Å². The Morgan fingerprint density at radius 1 is 1.35 bits per heavy atom. The Kier molecular flexibility index (Phi) is 5.49. The van der Waals surface area contributed by atoms with E-state index >= 15 is 0 Å². The van der Waals surface area contributed by atoms with E-state index in [1.165, 1.54) is 11.1 Å². The summed E-state index contributed by atoms with van der Waals surface area (Å²) in [6.07, 6.45) is 2.29. The molecule has 110 valence electrons. The first-order valence-corrected chi connectivity index (χ1v) is 6.53. The highest BCUT2D eigenvalue weighted by molar-refractivity contribution is 5.93. The fourth-order valence-corrected chi connectivity index (χ4v) is 1.77. The van der Waals surface area contributed by atoms with E-state index in [1.54, 1.807) is 31.1 Å². The highest BCUT2D eigenvalue weighted by Gasteiger charge is 2.18. The molecular weight excluding hydrogens is 258 g/mol. The van der Waals surface area contributed by atoms with E-state index < -0.39 is 5.97 Å². The van der Waals surface area contributed by atoms with E-state index in [0.29, 0.717) is 11.4 Å². The van der Waals surface area contributed by atoms with Crippen molar-refractivity contribution in [2.24, 2.45) is 0 Å². The minimum atomic E-state index is -0.902. The molecule has 0 fully saturated rings. The Labute approximate surface area is 119 Å². The van der Waals surface area contributed by atoms with Gasteiger partial charge in [-0.3, -0.25) is 9.59 Å². The van der Waals surface area contributed by atoms with Gasteiger partial charge < -0.3 is 14.9 Å². The highest BCUT2D eigenvalue weighted by atomic mass is 16.4. The molecule has 0 saturated heterocycles. The zero-order valence-corrected chi connectivity index (χ0v) is 12.3. The van der Waals surface area contributed by atoms with Crippen LogP contribution in [0.4, 0.5) is 5.82 Å². The summed E-state index contributed by atoms with van der Waals surface area (Å²) in [6, 6.07) is 3.42. The van der Waals surface area contributed by atoms with Gasteiger partial charge in [-0.2, -0.15) is 0 Å². The zero-order chi connectivity index (χ0) is 15.3. The Hall–Kier alpha value is -2.11. The lowest BCUT2D eigenvalue weighted by Crippen LogP contribution is -2.37. The predicted molar refractivity (Wildman–Crippen MR) is 77.0 cm³/mol. The molecule has 0 bridgehead atoms. The highest BCUT2D eigenvalue weighted by Crippen LogP contribution is 2.16. The lowest BCUT2D eigenvalue weighted by Gasteiger charge is -2.28. The molecule has 6 nitrogen and oxygen atoms in total. The second-order valence-corrected chi connectivity index (χ2v) is 4.88. The fraction of sp³-hybridized carbons (Fsp3) is 0.500. The standard InChI is InChI=1S/C14H21N3O3/c1-5-10(2)17(9-13(18)19)12-7-6-11(8-15-12)14(20)16(3)4/h6-8,10H,5,9H2,1-4H3,(H,18,19). The third kappa shape index (κ3) is 3.94. The Morgan fingerprint density at radius 3 is 2.40 bits per heavy atom. The summed E-state index contributed by atoms with van der Waals surface area (Å²) < 4.78 is 0. The van der Waals surface area contributed by atoms with Crippen molar-refractivity contribution >= 4 is 17.7 Å². The van der Waals surface area contributed by atoms with Gasteiger partial charge in [-0.25, -0.2) is 4.98 Å². The number of rotatable bonds is 6.